The summed E-state index contributed by atoms with van der Waals surface area (Å²) in [7, 11) is 0. The van der Waals surface area contributed by atoms with Crippen LogP contribution in [0.15, 0.2) is 18.2 Å². The molecule has 2 rings (SSSR count). The molecule has 1 heterocycles. The number of aryl methyl sites for hydroxylation is 1. The summed E-state index contributed by atoms with van der Waals surface area (Å²) in [5.41, 5.74) is 3.58. The van der Waals surface area contributed by atoms with E-state index < -0.39 is 6.10 Å². The number of hydrogen-bond acceptors (Lipinski definition) is 3. The smallest absolute Gasteiger partial charge is 0.0996 e. The molecule has 1 aromatic carbocycles. The van der Waals surface area contributed by atoms with Crippen LogP contribution < -0.4 is 5.32 Å². The molecule has 2 unspecified atom stereocenters. The van der Waals surface area contributed by atoms with E-state index in [0.29, 0.717) is 13.2 Å². The minimum absolute atomic E-state index is 0.0190. The van der Waals surface area contributed by atoms with Crippen LogP contribution >= 0.6 is 0 Å². The summed E-state index contributed by atoms with van der Waals surface area (Å²) >= 11 is 0. The van der Waals surface area contributed by atoms with E-state index in [1.54, 1.807) is 0 Å². The van der Waals surface area contributed by atoms with Crippen molar-refractivity contribution in [3.8, 4) is 0 Å². The Labute approximate surface area is 90.1 Å². The Hall–Kier alpha value is -1.06. The molecule has 1 fully saturated rings. The van der Waals surface area contributed by atoms with E-state index in [1.165, 1.54) is 11.1 Å². The molecule has 3 nitrogen and oxygen atoms in total. The van der Waals surface area contributed by atoms with Gasteiger partial charge in [-0.1, -0.05) is 12.1 Å². The molecule has 0 bridgehead atoms. The lowest BCUT2D eigenvalue weighted by Crippen LogP contribution is -2.32. The SMILES string of the molecule is Cc1cccc(NC2COCC2O)c1C. The Balaban J connectivity index is 2.13. The van der Waals surface area contributed by atoms with Crippen molar-refractivity contribution in [1.29, 1.82) is 0 Å². The maximum atomic E-state index is 9.62. The predicted molar refractivity (Wildman–Crippen MR) is 60.2 cm³/mol. The largest absolute Gasteiger partial charge is 0.388 e. The van der Waals surface area contributed by atoms with E-state index in [9.17, 15) is 5.11 Å². The topological polar surface area (TPSA) is 41.5 Å². The molecule has 2 N–H and O–H groups in total. The molecule has 0 radical (unpaired) electrons. The Bertz CT molecular complexity index is 351. The van der Waals surface area contributed by atoms with Gasteiger partial charge in [-0.25, -0.2) is 0 Å². The minimum Gasteiger partial charge on any atom is -0.388 e. The summed E-state index contributed by atoms with van der Waals surface area (Å²) in [5.74, 6) is 0. The maximum absolute atomic E-state index is 9.62. The van der Waals surface area contributed by atoms with E-state index in [-0.39, 0.29) is 6.04 Å². The van der Waals surface area contributed by atoms with Crippen molar-refractivity contribution in [2.75, 3.05) is 18.5 Å². The lowest BCUT2D eigenvalue weighted by atomic mass is 10.1. The lowest BCUT2D eigenvalue weighted by molar-refractivity contribution is 0.125. The Kier molecular flexibility index (Phi) is 2.93. The highest BCUT2D eigenvalue weighted by molar-refractivity contribution is 5.54. The van der Waals surface area contributed by atoms with Gasteiger partial charge in [-0.05, 0) is 31.0 Å². The Morgan fingerprint density at radius 2 is 2.13 bits per heavy atom. The highest BCUT2D eigenvalue weighted by Crippen LogP contribution is 2.20. The molecule has 1 aliphatic heterocycles. The highest BCUT2D eigenvalue weighted by Gasteiger charge is 2.26. The second-order valence-corrected chi connectivity index (χ2v) is 4.10. The second-order valence-electron chi connectivity index (χ2n) is 4.10. The van der Waals surface area contributed by atoms with Gasteiger partial charge in [0.05, 0.1) is 25.4 Å². The van der Waals surface area contributed by atoms with Gasteiger partial charge in [-0.15, -0.1) is 0 Å². The number of nitrogens with one attached hydrogen (secondary N) is 1. The van der Waals surface area contributed by atoms with Crippen LogP contribution in [-0.2, 0) is 4.74 Å². The van der Waals surface area contributed by atoms with Gasteiger partial charge >= 0.3 is 0 Å². The van der Waals surface area contributed by atoms with E-state index in [4.69, 9.17) is 4.74 Å². The summed E-state index contributed by atoms with van der Waals surface area (Å²) in [6.07, 6.45) is -0.398. The number of benzene rings is 1. The quantitative estimate of drug-likeness (QED) is 0.771. The molecular weight excluding hydrogens is 190 g/mol. The van der Waals surface area contributed by atoms with Crippen molar-refractivity contribution in [1.82, 2.24) is 0 Å². The third-order valence-corrected chi connectivity index (χ3v) is 3.00. The monoisotopic (exact) mass is 207 g/mol. The van der Waals surface area contributed by atoms with Gasteiger partial charge in [0.15, 0.2) is 0 Å². The van der Waals surface area contributed by atoms with E-state index in [2.05, 4.69) is 25.2 Å². The fourth-order valence-corrected chi connectivity index (χ4v) is 1.79. The van der Waals surface area contributed by atoms with E-state index >= 15 is 0 Å². The fraction of sp³-hybridized carbons (Fsp3) is 0.500. The van der Waals surface area contributed by atoms with Crippen LogP contribution in [0.4, 0.5) is 5.69 Å². The van der Waals surface area contributed by atoms with Gasteiger partial charge in [0.2, 0.25) is 0 Å². The molecular formula is C12H17NO2. The Morgan fingerprint density at radius 1 is 1.33 bits per heavy atom. The average Bonchev–Trinajstić information content (AvgIpc) is 2.60. The molecule has 0 aromatic heterocycles. The van der Waals surface area contributed by atoms with Gasteiger partial charge < -0.3 is 15.2 Å². The molecule has 0 saturated carbocycles. The van der Waals surface area contributed by atoms with E-state index in [1.807, 2.05) is 12.1 Å². The van der Waals surface area contributed by atoms with E-state index in [0.717, 1.165) is 5.69 Å². The van der Waals surface area contributed by atoms with Gasteiger partial charge in [0, 0.05) is 5.69 Å². The third-order valence-electron chi connectivity index (χ3n) is 3.00. The van der Waals surface area contributed by atoms with Gasteiger partial charge in [0.25, 0.3) is 0 Å². The van der Waals surface area contributed by atoms with Gasteiger partial charge in [0.1, 0.15) is 0 Å². The molecule has 0 aliphatic carbocycles. The summed E-state index contributed by atoms with van der Waals surface area (Å²) in [4.78, 5) is 0. The molecule has 1 saturated heterocycles. The first-order chi connectivity index (χ1) is 7.18. The van der Waals surface area contributed by atoms with Crippen LogP contribution in [0.25, 0.3) is 0 Å². The van der Waals surface area contributed by atoms with Crippen molar-refractivity contribution in [3.05, 3.63) is 29.3 Å². The number of ether oxygens (including phenoxy) is 1. The summed E-state index contributed by atoms with van der Waals surface area (Å²) in [6, 6.07) is 6.16. The second kappa shape index (κ2) is 4.21. The van der Waals surface area contributed by atoms with Gasteiger partial charge in [-0.3, -0.25) is 0 Å². The number of rotatable bonds is 2. The molecule has 2 atom stereocenters. The Morgan fingerprint density at radius 3 is 2.80 bits per heavy atom. The standard InChI is InChI=1S/C12H17NO2/c1-8-4-3-5-10(9(8)2)13-11-6-15-7-12(11)14/h3-5,11-14H,6-7H2,1-2H3. The molecule has 3 heteroatoms. The minimum atomic E-state index is -0.398. The summed E-state index contributed by atoms with van der Waals surface area (Å²) in [5, 5.41) is 12.9. The zero-order valence-electron chi connectivity index (χ0n) is 9.16. The summed E-state index contributed by atoms with van der Waals surface area (Å²) < 4.78 is 5.20. The van der Waals surface area contributed by atoms with Crippen LogP contribution in [-0.4, -0.2) is 30.5 Å². The van der Waals surface area contributed by atoms with Crippen LogP contribution in [0.3, 0.4) is 0 Å². The normalized spacial score (nSPS) is 25.5. The first-order valence-electron chi connectivity index (χ1n) is 5.27. The summed E-state index contributed by atoms with van der Waals surface area (Å²) in [6.45, 7) is 5.18. The molecule has 0 spiro atoms. The highest BCUT2D eigenvalue weighted by atomic mass is 16.5. The number of anilines is 1. The van der Waals surface area contributed by atoms with Crippen molar-refractivity contribution >= 4 is 5.69 Å². The molecule has 1 aliphatic rings. The van der Waals surface area contributed by atoms with Crippen LogP contribution in [0.2, 0.25) is 0 Å². The zero-order chi connectivity index (χ0) is 10.8. The van der Waals surface area contributed by atoms with Gasteiger partial charge in [-0.2, -0.15) is 0 Å². The number of aliphatic hydroxyl groups excluding tert-OH is 1. The van der Waals surface area contributed by atoms with Crippen molar-refractivity contribution < 1.29 is 9.84 Å². The average molecular weight is 207 g/mol. The zero-order valence-corrected chi connectivity index (χ0v) is 9.16. The number of aliphatic hydroxyl groups is 1. The first kappa shape index (κ1) is 10.5. The predicted octanol–water partition coefficient (Wildman–Crippen LogP) is 1.48. The van der Waals surface area contributed by atoms with Crippen molar-refractivity contribution in [2.24, 2.45) is 0 Å². The lowest BCUT2D eigenvalue weighted by Gasteiger charge is -2.18. The van der Waals surface area contributed by atoms with Crippen molar-refractivity contribution in [2.45, 2.75) is 26.0 Å². The third kappa shape index (κ3) is 2.13. The van der Waals surface area contributed by atoms with Crippen LogP contribution in [0.1, 0.15) is 11.1 Å². The van der Waals surface area contributed by atoms with Crippen molar-refractivity contribution in [3.63, 3.8) is 0 Å². The first-order valence-corrected chi connectivity index (χ1v) is 5.27. The van der Waals surface area contributed by atoms with Crippen LogP contribution in [0, 0.1) is 13.8 Å². The molecule has 0 amide bonds. The molecule has 1 aromatic rings. The number of hydrogen-bond donors (Lipinski definition) is 2. The fourth-order valence-electron chi connectivity index (χ4n) is 1.79. The van der Waals surface area contributed by atoms with Crippen LogP contribution in [0.5, 0.6) is 0 Å². The molecule has 15 heavy (non-hydrogen) atoms. The maximum Gasteiger partial charge on any atom is 0.0996 e. The molecule has 82 valence electrons.